The Hall–Kier alpha value is -0.0400. The number of rotatable bonds is 8. The molecule has 2 saturated heterocycles. The van der Waals surface area contributed by atoms with Crippen molar-refractivity contribution in [3.8, 4) is 0 Å². The number of piperidine rings is 2. The molecule has 1 aliphatic carbocycles. The Labute approximate surface area is 108 Å². The molecule has 100 valence electrons. The normalized spacial score (nSPS) is 32.5. The number of hydrogen-bond donors (Lipinski definition) is 0. The van der Waals surface area contributed by atoms with Gasteiger partial charge in [0.25, 0.3) is 0 Å². The monoisotopic (exact) mass is 237 g/mol. The predicted octanol–water partition coefficient (Wildman–Crippen LogP) is 4.32. The van der Waals surface area contributed by atoms with E-state index in [4.69, 9.17) is 0 Å². The Bertz CT molecular complexity index is 202. The summed E-state index contributed by atoms with van der Waals surface area (Å²) in [6.45, 7) is 8.85. The lowest BCUT2D eigenvalue weighted by atomic mass is 9.60. The predicted molar refractivity (Wildman–Crippen MR) is 75.2 cm³/mol. The Morgan fingerprint density at radius 1 is 0.882 bits per heavy atom. The first-order valence-corrected chi connectivity index (χ1v) is 8.07. The number of unbranched alkanes of at least 4 members (excludes halogenated alkanes) is 4. The Kier molecular flexibility index (Phi) is 5.34. The lowest BCUT2D eigenvalue weighted by Crippen LogP contribution is -2.55. The van der Waals surface area contributed by atoms with Crippen LogP contribution in [0.25, 0.3) is 0 Å². The molecule has 2 atom stereocenters. The average Bonchev–Trinajstić information content (AvgIpc) is 2.35. The standard InChI is InChI=1S/C16H31N/c1-3-5-7-9-16-14-11-15(16)13-17(12-14)10-8-6-4-2/h14-16H,3-13H2,1-2H3. The minimum Gasteiger partial charge on any atom is -0.303 e. The summed E-state index contributed by atoms with van der Waals surface area (Å²) in [6, 6.07) is 0. The molecule has 0 aromatic heterocycles. The first kappa shape index (κ1) is 13.4. The number of hydrogen-bond acceptors (Lipinski definition) is 1. The lowest BCUT2D eigenvalue weighted by molar-refractivity contribution is -0.0482. The third kappa shape index (κ3) is 3.47. The van der Waals surface area contributed by atoms with Crippen molar-refractivity contribution in [2.24, 2.45) is 17.8 Å². The van der Waals surface area contributed by atoms with E-state index in [-0.39, 0.29) is 0 Å². The van der Waals surface area contributed by atoms with Gasteiger partial charge in [0, 0.05) is 13.1 Å². The molecule has 17 heavy (non-hydrogen) atoms. The highest BCUT2D eigenvalue weighted by molar-refractivity contribution is 4.96. The lowest BCUT2D eigenvalue weighted by Gasteiger charge is -2.54. The Morgan fingerprint density at radius 3 is 2.18 bits per heavy atom. The minimum atomic E-state index is 1.08. The topological polar surface area (TPSA) is 3.24 Å². The van der Waals surface area contributed by atoms with Crippen LogP contribution in [0.3, 0.4) is 0 Å². The molecule has 0 radical (unpaired) electrons. The van der Waals surface area contributed by atoms with E-state index in [0.717, 1.165) is 17.8 Å². The zero-order valence-electron chi connectivity index (χ0n) is 12.0. The molecule has 2 unspecified atom stereocenters. The molecule has 0 N–H and O–H groups in total. The molecule has 0 amide bonds. The van der Waals surface area contributed by atoms with E-state index >= 15 is 0 Å². The summed E-state index contributed by atoms with van der Waals surface area (Å²) in [4.78, 5) is 2.75. The summed E-state index contributed by atoms with van der Waals surface area (Å²) in [5, 5.41) is 0. The highest BCUT2D eigenvalue weighted by Gasteiger charge is 2.45. The second-order valence-electron chi connectivity index (χ2n) is 6.38. The summed E-state index contributed by atoms with van der Waals surface area (Å²) >= 11 is 0. The minimum absolute atomic E-state index is 1.08. The molecular weight excluding hydrogens is 206 g/mol. The summed E-state index contributed by atoms with van der Waals surface area (Å²) in [6.07, 6.45) is 11.6. The van der Waals surface area contributed by atoms with Gasteiger partial charge in [0.2, 0.25) is 0 Å². The molecule has 3 aliphatic rings. The number of nitrogens with zero attached hydrogens (tertiary/aromatic N) is 1. The second kappa shape index (κ2) is 6.78. The first-order valence-electron chi connectivity index (χ1n) is 8.07. The third-order valence-corrected chi connectivity index (χ3v) is 5.02. The fourth-order valence-corrected chi connectivity index (χ4v) is 3.95. The van der Waals surface area contributed by atoms with E-state index < -0.39 is 0 Å². The van der Waals surface area contributed by atoms with Crippen molar-refractivity contribution < 1.29 is 0 Å². The van der Waals surface area contributed by atoms with Crippen molar-refractivity contribution in [1.29, 1.82) is 0 Å². The van der Waals surface area contributed by atoms with Crippen LogP contribution in [-0.2, 0) is 0 Å². The van der Waals surface area contributed by atoms with E-state index in [1.807, 2.05) is 0 Å². The van der Waals surface area contributed by atoms with Gasteiger partial charge in [-0.25, -0.2) is 0 Å². The van der Waals surface area contributed by atoms with Gasteiger partial charge in [0.15, 0.2) is 0 Å². The molecule has 0 spiro atoms. The van der Waals surface area contributed by atoms with Gasteiger partial charge >= 0.3 is 0 Å². The van der Waals surface area contributed by atoms with Gasteiger partial charge in [-0.15, -0.1) is 0 Å². The molecule has 2 heterocycles. The molecule has 3 fully saturated rings. The van der Waals surface area contributed by atoms with Crippen molar-refractivity contribution in [2.45, 2.75) is 65.2 Å². The maximum absolute atomic E-state index is 2.75. The van der Waals surface area contributed by atoms with Gasteiger partial charge in [-0.3, -0.25) is 0 Å². The summed E-state index contributed by atoms with van der Waals surface area (Å²) in [5.41, 5.74) is 0. The first-order chi connectivity index (χ1) is 8.35. The van der Waals surface area contributed by atoms with Crippen LogP contribution in [-0.4, -0.2) is 24.5 Å². The van der Waals surface area contributed by atoms with Crippen LogP contribution in [0.5, 0.6) is 0 Å². The van der Waals surface area contributed by atoms with Gasteiger partial charge in [-0.2, -0.15) is 0 Å². The maximum Gasteiger partial charge on any atom is 0.00126 e. The van der Waals surface area contributed by atoms with Crippen LogP contribution in [0.1, 0.15) is 65.2 Å². The van der Waals surface area contributed by atoms with E-state index in [9.17, 15) is 0 Å². The van der Waals surface area contributed by atoms with E-state index in [2.05, 4.69) is 18.7 Å². The van der Waals surface area contributed by atoms with Crippen molar-refractivity contribution in [1.82, 2.24) is 4.90 Å². The van der Waals surface area contributed by atoms with Crippen LogP contribution in [0, 0.1) is 17.8 Å². The van der Waals surface area contributed by atoms with E-state index in [0.29, 0.717) is 0 Å². The maximum atomic E-state index is 2.75. The molecule has 2 bridgehead atoms. The van der Waals surface area contributed by atoms with Crippen LogP contribution in [0.2, 0.25) is 0 Å². The molecule has 2 aliphatic heterocycles. The molecule has 1 heteroatoms. The highest BCUT2D eigenvalue weighted by atomic mass is 15.1. The van der Waals surface area contributed by atoms with Crippen molar-refractivity contribution in [2.75, 3.05) is 19.6 Å². The summed E-state index contributed by atoms with van der Waals surface area (Å²) < 4.78 is 0. The fraction of sp³-hybridized carbons (Fsp3) is 1.00. The summed E-state index contributed by atoms with van der Waals surface area (Å²) in [7, 11) is 0. The van der Waals surface area contributed by atoms with Crippen LogP contribution < -0.4 is 0 Å². The Morgan fingerprint density at radius 2 is 1.53 bits per heavy atom. The summed E-state index contributed by atoms with van der Waals surface area (Å²) in [5.74, 6) is 3.27. The van der Waals surface area contributed by atoms with Gasteiger partial charge in [0.05, 0.1) is 0 Å². The number of fused-ring (bicyclic) bond motifs is 2. The second-order valence-corrected chi connectivity index (χ2v) is 6.38. The van der Waals surface area contributed by atoms with Crippen molar-refractivity contribution in [3.63, 3.8) is 0 Å². The van der Waals surface area contributed by atoms with Crippen LogP contribution in [0.4, 0.5) is 0 Å². The van der Waals surface area contributed by atoms with Gasteiger partial charge in [0.1, 0.15) is 0 Å². The molecule has 1 saturated carbocycles. The smallest absolute Gasteiger partial charge is 0.00126 e. The van der Waals surface area contributed by atoms with Crippen LogP contribution in [0.15, 0.2) is 0 Å². The fourth-order valence-electron chi connectivity index (χ4n) is 3.95. The van der Waals surface area contributed by atoms with E-state index in [1.54, 1.807) is 6.42 Å². The molecule has 0 aromatic carbocycles. The zero-order valence-corrected chi connectivity index (χ0v) is 12.0. The Balaban J connectivity index is 1.62. The molecule has 0 aromatic rings. The quantitative estimate of drug-likeness (QED) is 0.568. The SMILES string of the molecule is CCCCCC1C2CC1CN(CCCCC)C2. The zero-order chi connectivity index (χ0) is 12.1. The van der Waals surface area contributed by atoms with Crippen molar-refractivity contribution in [3.05, 3.63) is 0 Å². The van der Waals surface area contributed by atoms with Gasteiger partial charge < -0.3 is 4.90 Å². The third-order valence-electron chi connectivity index (χ3n) is 5.02. The molecule has 1 nitrogen and oxygen atoms in total. The van der Waals surface area contributed by atoms with E-state index in [1.165, 1.54) is 64.6 Å². The molecule has 3 rings (SSSR count). The van der Waals surface area contributed by atoms with Gasteiger partial charge in [-0.1, -0.05) is 46.0 Å². The van der Waals surface area contributed by atoms with Gasteiger partial charge in [-0.05, 0) is 43.6 Å². The largest absolute Gasteiger partial charge is 0.303 e. The molecular formula is C16H31N. The van der Waals surface area contributed by atoms with Crippen LogP contribution >= 0.6 is 0 Å². The van der Waals surface area contributed by atoms with Crippen molar-refractivity contribution >= 4 is 0 Å². The average molecular weight is 237 g/mol. The highest BCUT2D eigenvalue weighted by Crippen LogP contribution is 2.47.